The second kappa shape index (κ2) is 9.53. The zero-order valence-corrected chi connectivity index (χ0v) is 15.2. The lowest BCUT2D eigenvalue weighted by Gasteiger charge is -1.97. The van der Waals surface area contributed by atoms with E-state index < -0.39 is 0 Å². The number of pyridine rings is 1. The number of aromatic nitrogens is 1. The van der Waals surface area contributed by atoms with E-state index in [4.69, 9.17) is 20.0 Å². The topological polar surface area (TPSA) is 121 Å². The number of nitrogens with zero attached hydrogens (tertiary/aromatic N) is 3. The van der Waals surface area contributed by atoms with Gasteiger partial charge >= 0.3 is 0 Å². The van der Waals surface area contributed by atoms with Gasteiger partial charge < -0.3 is 32.2 Å². The predicted molar refractivity (Wildman–Crippen MR) is 76.0 cm³/mol. The summed E-state index contributed by atoms with van der Waals surface area (Å²) in [6, 6.07) is 8.39. The molecule has 4 N–H and O–H groups in total. The van der Waals surface area contributed by atoms with Gasteiger partial charge in [-0.15, -0.1) is 0 Å². The molecule has 0 fully saturated rings. The molecule has 0 spiro atoms. The van der Waals surface area contributed by atoms with Crippen molar-refractivity contribution >= 4 is 31.9 Å². The van der Waals surface area contributed by atoms with Crippen LogP contribution in [0.15, 0.2) is 38.0 Å². The highest BCUT2D eigenvalue weighted by Gasteiger charge is 2.08. The minimum Gasteiger partial charge on any atom is -1.00 e. The van der Waals surface area contributed by atoms with E-state index in [1.165, 1.54) is 6.26 Å². The molecule has 0 bridgehead atoms. The van der Waals surface area contributed by atoms with E-state index in [-0.39, 0.29) is 34.5 Å². The molecule has 6 nitrogen and oxygen atoms in total. The van der Waals surface area contributed by atoms with Crippen LogP contribution >= 0.6 is 31.9 Å². The number of furan rings is 1. The van der Waals surface area contributed by atoms with Crippen molar-refractivity contribution < 1.29 is 32.2 Å². The van der Waals surface area contributed by atoms with Crippen LogP contribution < -0.4 is 22.7 Å². The normalized spacial score (nSPS) is 10.1. The van der Waals surface area contributed by atoms with Crippen molar-refractivity contribution in [3.05, 3.63) is 45.0 Å². The fraction of sp³-hybridized carbons (Fsp3) is 0.0833. The first-order valence-corrected chi connectivity index (χ1v) is 6.79. The predicted octanol–water partition coefficient (Wildman–Crippen LogP) is -0.726. The van der Waals surface area contributed by atoms with Crippen molar-refractivity contribution in [3.8, 4) is 17.9 Å². The summed E-state index contributed by atoms with van der Waals surface area (Å²) in [5.74, 6) is 0.494. The van der Waals surface area contributed by atoms with E-state index in [0.717, 1.165) is 0 Å². The Morgan fingerprint density at radius 3 is 2.52 bits per heavy atom. The highest BCUT2D eigenvalue weighted by Crippen LogP contribution is 2.28. The Morgan fingerprint density at radius 2 is 2.05 bits per heavy atom. The van der Waals surface area contributed by atoms with Gasteiger partial charge in [-0.3, -0.25) is 0 Å². The van der Waals surface area contributed by atoms with Crippen molar-refractivity contribution in [1.82, 2.24) is 4.98 Å². The largest absolute Gasteiger partial charge is 1.00 e. The fourth-order valence-corrected chi connectivity index (χ4v) is 2.23. The lowest BCUT2D eigenvalue weighted by atomic mass is 10.3. The van der Waals surface area contributed by atoms with Gasteiger partial charge in [-0.2, -0.15) is 10.5 Å². The third-order valence-corrected chi connectivity index (χ3v) is 3.07. The summed E-state index contributed by atoms with van der Waals surface area (Å²) in [7, 11) is 0. The first-order valence-electron chi connectivity index (χ1n) is 5.20. The molecule has 0 radical (unpaired) electrons. The van der Waals surface area contributed by atoms with Crippen LogP contribution in [0.3, 0.4) is 0 Å². The van der Waals surface area contributed by atoms with E-state index in [1.807, 2.05) is 6.07 Å². The monoisotopic (exact) mass is 478 g/mol. The molecule has 2 rings (SSSR count). The lowest BCUT2D eigenvalue weighted by molar-refractivity contribution is -0.409. The van der Waals surface area contributed by atoms with Gasteiger partial charge in [0.1, 0.15) is 16.7 Å². The molecular formula is C12H9Br3N4O2. The fourth-order valence-electron chi connectivity index (χ4n) is 1.11. The van der Waals surface area contributed by atoms with Gasteiger partial charge in [0.05, 0.1) is 10.7 Å². The van der Waals surface area contributed by atoms with Crippen LogP contribution in [0.1, 0.15) is 17.5 Å². The standard InChI is InChI=1S/C6H2Br2N2O.C6H6N2O.BrH/c7-3-1-5(8)10-4(2-9)6(3)11;7-4-5(8)6-2-1-3-9-6;/h1,11H;1-3,5H,8H2;1H. The van der Waals surface area contributed by atoms with Crippen molar-refractivity contribution in [1.29, 1.82) is 10.5 Å². The molecule has 1 atom stereocenters. The van der Waals surface area contributed by atoms with Gasteiger partial charge in [0.2, 0.25) is 6.04 Å². The first-order chi connectivity index (χ1) is 9.49. The molecule has 0 aliphatic rings. The minimum absolute atomic E-state index is 0. The van der Waals surface area contributed by atoms with Gasteiger partial charge in [0, 0.05) is 0 Å². The first kappa shape index (κ1) is 19.6. The zero-order valence-electron chi connectivity index (χ0n) is 10.4. The average Bonchev–Trinajstić information content (AvgIpc) is 2.96. The molecule has 9 heteroatoms. The van der Waals surface area contributed by atoms with Crippen LogP contribution in [0.2, 0.25) is 0 Å². The molecule has 2 aromatic rings. The van der Waals surface area contributed by atoms with Crippen molar-refractivity contribution in [2.45, 2.75) is 6.04 Å². The number of hydrogen-bond donors (Lipinski definition) is 2. The van der Waals surface area contributed by atoms with Crippen LogP contribution in [0.5, 0.6) is 5.75 Å². The number of rotatable bonds is 1. The second-order valence-corrected chi connectivity index (χ2v) is 5.10. The van der Waals surface area contributed by atoms with Crippen molar-refractivity contribution in [2.75, 3.05) is 0 Å². The third-order valence-electron chi connectivity index (χ3n) is 2.06. The number of nitriles is 2. The maximum atomic E-state index is 9.17. The van der Waals surface area contributed by atoms with Crippen LogP contribution in [0.4, 0.5) is 0 Å². The summed E-state index contributed by atoms with van der Waals surface area (Å²) in [5.41, 5.74) is 3.55. The third kappa shape index (κ3) is 5.86. The average molecular weight is 481 g/mol. The summed E-state index contributed by atoms with van der Waals surface area (Å²) >= 11 is 6.15. The smallest absolute Gasteiger partial charge is 0.229 e. The van der Waals surface area contributed by atoms with Crippen LogP contribution in [0.25, 0.3) is 0 Å². The summed E-state index contributed by atoms with van der Waals surface area (Å²) in [6.45, 7) is 0. The molecule has 2 heterocycles. The highest BCUT2D eigenvalue weighted by atomic mass is 79.9. The lowest BCUT2D eigenvalue weighted by Crippen LogP contribution is -3.00. The van der Waals surface area contributed by atoms with Crippen molar-refractivity contribution in [3.63, 3.8) is 0 Å². The van der Waals surface area contributed by atoms with E-state index in [1.54, 1.807) is 24.3 Å². The second-order valence-electron chi connectivity index (χ2n) is 3.43. The van der Waals surface area contributed by atoms with Gasteiger partial charge in [0.15, 0.2) is 17.2 Å². The molecule has 0 aliphatic heterocycles. The molecule has 0 aromatic carbocycles. The summed E-state index contributed by atoms with van der Waals surface area (Å²) in [5, 5.41) is 26.0. The van der Waals surface area contributed by atoms with Crippen LogP contribution in [-0.2, 0) is 0 Å². The zero-order chi connectivity index (χ0) is 15.1. The van der Waals surface area contributed by atoms with Gasteiger partial charge in [-0.05, 0) is 50.1 Å². The minimum atomic E-state index is -0.375. The van der Waals surface area contributed by atoms with Crippen LogP contribution in [-0.4, -0.2) is 10.1 Å². The molecule has 0 saturated heterocycles. The Morgan fingerprint density at radius 1 is 1.38 bits per heavy atom. The molecule has 2 aromatic heterocycles. The number of hydrogen-bond acceptors (Lipinski definition) is 5. The molecule has 1 unspecified atom stereocenters. The van der Waals surface area contributed by atoms with Crippen LogP contribution in [0, 0.1) is 22.7 Å². The Balaban J connectivity index is 0.000000370. The molecule has 0 aliphatic carbocycles. The van der Waals surface area contributed by atoms with Crippen molar-refractivity contribution in [2.24, 2.45) is 0 Å². The SMILES string of the molecule is N#CC([NH3+])c1ccco1.N#Cc1nc(Br)cc(Br)c1O.[Br-]. The van der Waals surface area contributed by atoms with Gasteiger partial charge in [-0.1, -0.05) is 0 Å². The molecule has 110 valence electrons. The number of aromatic hydroxyl groups is 1. The number of halogens is 3. The summed E-state index contributed by atoms with van der Waals surface area (Å²) in [4.78, 5) is 3.73. The quantitative estimate of drug-likeness (QED) is 0.521. The maximum Gasteiger partial charge on any atom is 0.229 e. The summed E-state index contributed by atoms with van der Waals surface area (Å²) in [6.07, 6.45) is 1.53. The molecule has 0 saturated carbocycles. The van der Waals surface area contributed by atoms with E-state index in [9.17, 15) is 0 Å². The van der Waals surface area contributed by atoms with E-state index in [0.29, 0.717) is 14.8 Å². The number of quaternary nitrogens is 1. The Bertz CT molecular complexity index is 662. The highest BCUT2D eigenvalue weighted by molar-refractivity contribution is 9.11. The Hall–Kier alpha value is -1.39. The van der Waals surface area contributed by atoms with Gasteiger partial charge in [0.25, 0.3) is 0 Å². The maximum absolute atomic E-state index is 9.17. The molecular weight excluding hydrogens is 472 g/mol. The molecule has 0 amide bonds. The molecule has 21 heavy (non-hydrogen) atoms. The van der Waals surface area contributed by atoms with E-state index >= 15 is 0 Å². The van der Waals surface area contributed by atoms with Gasteiger partial charge in [-0.25, -0.2) is 4.98 Å². The Kier molecular flexibility index (Phi) is 8.90. The Labute approximate surface area is 148 Å². The summed E-state index contributed by atoms with van der Waals surface area (Å²) < 4.78 is 5.87. The van der Waals surface area contributed by atoms with E-state index in [2.05, 4.69) is 42.6 Å².